The lowest BCUT2D eigenvalue weighted by Crippen LogP contribution is -2.11. The van der Waals surface area contributed by atoms with Gasteiger partial charge in [0.15, 0.2) is 0 Å². The SMILES string of the molecule is C1=Cc2c(c3c(-c4cccc(N(c5ccc(-c6ccccc6)cc5)c5ccccc5-c5ccccc5)c4)c4ccccc4cc3n2-c2ccccc2)CC1. The molecular formula is C52H38N2. The Morgan fingerprint density at radius 2 is 1.13 bits per heavy atom. The van der Waals surface area contributed by atoms with E-state index in [9.17, 15) is 0 Å². The molecule has 0 saturated heterocycles. The van der Waals surface area contributed by atoms with Crippen molar-refractivity contribution in [2.45, 2.75) is 12.8 Å². The van der Waals surface area contributed by atoms with Gasteiger partial charge >= 0.3 is 0 Å². The number of allylic oxidation sites excluding steroid dienone is 1. The largest absolute Gasteiger partial charge is 0.310 e. The molecule has 0 amide bonds. The van der Waals surface area contributed by atoms with E-state index in [4.69, 9.17) is 0 Å². The summed E-state index contributed by atoms with van der Waals surface area (Å²) < 4.78 is 2.47. The number of benzene rings is 8. The Kier molecular flexibility index (Phi) is 8.00. The zero-order valence-corrected chi connectivity index (χ0v) is 29.9. The molecule has 0 aliphatic heterocycles. The molecule has 1 heterocycles. The number of aryl methyl sites for hydroxylation is 1. The molecule has 1 aromatic heterocycles. The van der Waals surface area contributed by atoms with E-state index >= 15 is 0 Å². The molecule has 0 spiro atoms. The van der Waals surface area contributed by atoms with Crippen LogP contribution in [0.5, 0.6) is 0 Å². The van der Waals surface area contributed by atoms with Crippen LogP contribution < -0.4 is 4.90 Å². The van der Waals surface area contributed by atoms with Crippen molar-refractivity contribution in [1.29, 1.82) is 0 Å². The van der Waals surface area contributed by atoms with Crippen LogP contribution in [0.15, 0.2) is 200 Å². The third kappa shape index (κ3) is 5.52. The third-order valence-electron chi connectivity index (χ3n) is 10.8. The molecule has 256 valence electrons. The lowest BCUT2D eigenvalue weighted by molar-refractivity contribution is 0.968. The summed E-state index contributed by atoms with van der Waals surface area (Å²) in [6.07, 6.45) is 6.71. The highest BCUT2D eigenvalue weighted by Crippen LogP contribution is 2.46. The average molecular weight is 691 g/mol. The Hall–Kier alpha value is -6.90. The van der Waals surface area contributed by atoms with E-state index in [0.717, 1.165) is 29.9 Å². The zero-order valence-electron chi connectivity index (χ0n) is 29.9. The molecule has 10 rings (SSSR count). The van der Waals surface area contributed by atoms with Crippen LogP contribution in [0.1, 0.15) is 17.7 Å². The van der Waals surface area contributed by atoms with Gasteiger partial charge in [0, 0.05) is 33.7 Å². The van der Waals surface area contributed by atoms with Gasteiger partial charge in [0.2, 0.25) is 0 Å². The molecule has 54 heavy (non-hydrogen) atoms. The van der Waals surface area contributed by atoms with Crippen molar-refractivity contribution < 1.29 is 0 Å². The smallest absolute Gasteiger partial charge is 0.0550 e. The number of para-hydroxylation sites is 2. The minimum absolute atomic E-state index is 1.01. The molecule has 2 nitrogen and oxygen atoms in total. The first-order chi connectivity index (χ1) is 26.8. The third-order valence-corrected chi connectivity index (χ3v) is 10.8. The normalized spacial score (nSPS) is 12.2. The number of nitrogens with zero attached hydrogens (tertiary/aromatic N) is 2. The van der Waals surface area contributed by atoms with Gasteiger partial charge in [-0.05, 0) is 112 Å². The monoisotopic (exact) mass is 690 g/mol. The molecule has 9 aromatic rings. The summed E-state index contributed by atoms with van der Waals surface area (Å²) in [5.74, 6) is 0. The first-order valence-corrected chi connectivity index (χ1v) is 18.8. The first kappa shape index (κ1) is 31.8. The minimum atomic E-state index is 1.01. The highest BCUT2D eigenvalue weighted by Gasteiger charge is 2.24. The summed E-state index contributed by atoms with van der Waals surface area (Å²) in [5.41, 5.74) is 15.8. The van der Waals surface area contributed by atoms with Crippen LogP contribution in [0.25, 0.3) is 66.8 Å². The van der Waals surface area contributed by atoms with Crippen molar-refractivity contribution >= 4 is 44.8 Å². The van der Waals surface area contributed by atoms with Crippen molar-refractivity contribution in [3.8, 4) is 39.1 Å². The molecule has 0 saturated carbocycles. The quantitative estimate of drug-likeness (QED) is 0.162. The highest BCUT2D eigenvalue weighted by atomic mass is 15.1. The Morgan fingerprint density at radius 1 is 0.481 bits per heavy atom. The fourth-order valence-electron chi connectivity index (χ4n) is 8.41. The maximum absolute atomic E-state index is 2.47. The van der Waals surface area contributed by atoms with E-state index in [1.807, 2.05) is 0 Å². The van der Waals surface area contributed by atoms with Crippen LogP contribution in [0.2, 0.25) is 0 Å². The van der Waals surface area contributed by atoms with E-state index in [2.05, 4.69) is 216 Å². The van der Waals surface area contributed by atoms with Crippen molar-refractivity contribution in [2.75, 3.05) is 4.90 Å². The second kappa shape index (κ2) is 13.6. The van der Waals surface area contributed by atoms with Gasteiger partial charge in [-0.3, -0.25) is 0 Å². The summed E-state index contributed by atoms with van der Waals surface area (Å²) in [6, 6.07) is 70.4. The standard InChI is InChI=1S/C52H38N2/c1-4-17-37(18-5-1)38-31-33-43(34-32-38)53(48-29-14-12-26-45(48)39-19-6-2-7-20-39)44-25-16-22-41(35-44)51-46-27-11-10-21-40(46)36-50-52(51)47-28-13-15-30-49(47)54(50)42-23-8-3-9-24-42/h1-12,14-27,29-36H,13,28H2. The summed E-state index contributed by atoms with van der Waals surface area (Å²) in [7, 11) is 0. The fraction of sp³-hybridized carbons (Fsp3) is 0.0385. The van der Waals surface area contributed by atoms with E-state index in [1.165, 1.54) is 72.0 Å². The Morgan fingerprint density at radius 3 is 1.93 bits per heavy atom. The highest BCUT2D eigenvalue weighted by molar-refractivity contribution is 6.15. The molecule has 0 bridgehead atoms. The molecule has 0 N–H and O–H groups in total. The maximum Gasteiger partial charge on any atom is 0.0550 e. The van der Waals surface area contributed by atoms with Crippen LogP contribution in [-0.2, 0) is 6.42 Å². The van der Waals surface area contributed by atoms with Gasteiger partial charge in [-0.15, -0.1) is 0 Å². The molecular weight excluding hydrogens is 653 g/mol. The van der Waals surface area contributed by atoms with Crippen LogP contribution >= 0.6 is 0 Å². The predicted octanol–water partition coefficient (Wildman–Crippen LogP) is 14.2. The van der Waals surface area contributed by atoms with Crippen LogP contribution in [0.3, 0.4) is 0 Å². The van der Waals surface area contributed by atoms with Crippen molar-refractivity contribution in [2.24, 2.45) is 0 Å². The Balaban J connectivity index is 1.22. The average Bonchev–Trinajstić information content (AvgIpc) is 3.58. The van der Waals surface area contributed by atoms with Gasteiger partial charge < -0.3 is 9.47 Å². The second-order valence-corrected chi connectivity index (χ2v) is 14.0. The van der Waals surface area contributed by atoms with Gasteiger partial charge in [-0.1, -0.05) is 152 Å². The zero-order chi connectivity index (χ0) is 35.8. The lowest BCUT2D eigenvalue weighted by Gasteiger charge is -2.28. The number of aromatic nitrogens is 1. The molecule has 0 atom stereocenters. The van der Waals surface area contributed by atoms with Gasteiger partial charge in [0.1, 0.15) is 0 Å². The number of hydrogen-bond donors (Lipinski definition) is 0. The van der Waals surface area contributed by atoms with Gasteiger partial charge in [0.25, 0.3) is 0 Å². The van der Waals surface area contributed by atoms with E-state index in [-0.39, 0.29) is 0 Å². The molecule has 1 aliphatic carbocycles. The van der Waals surface area contributed by atoms with Crippen LogP contribution in [0, 0.1) is 0 Å². The predicted molar refractivity (Wildman–Crippen MR) is 229 cm³/mol. The molecule has 0 radical (unpaired) electrons. The van der Waals surface area contributed by atoms with Crippen molar-refractivity contribution in [3.63, 3.8) is 0 Å². The number of fused-ring (bicyclic) bond motifs is 4. The summed E-state index contributed by atoms with van der Waals surface area (Å²) in [5, 5.41) is 3.86. The first-order valence-electron chi connectivity index (χ1n) is 18.8. The molecule has 0 unspecified atom stereocenters. The molecule has 8 aromatic carbocycles. The number of hydrogen-bond acceptors (Lipinski definition) is 1. The second-order valence-electron chi connectivity index (χ2n) is 14.0. The lowest BCUT2D eigenvalue weighted by atomic mass is 9.90. The maximum atomic E-state index is 2.47. The minimum Gasteiger partial charge on any atom is -0.310 e. The molecule has 2 heteroatoms. The van der Waals surface area contributed by atoms with Crippen molar-refractivity contribution in [1.82, 2.24) is 4.57 Å². The van der Waals surface area contributed by atoms with Gasteiger partial charge in [-0.25, -0.2) is 0 Å². The van der Waals surface area contributed by atoms with E-state index < -0.39 is 0 Å². The topological polar surface area (TPSA) is 8.17 Å². The van der Waals surface area contributed by atoms with Crippen LogP contribution in [-0.4, -0.2) is 4.57 Å². The molecule has 0 fully saturated rings. The van der Waals surface area contributed by atoms with E-state index in [1.54, 1.807) is 0 Å². The van der Waals surface area contributed by atoms with Gasteiger partial charge in [-0.2, -0.15) is 0 Å². The summed E-state index contributed by atoms with van der Waals surface area (Å²) in [4.78, 5) is 2.43. The van der Waals surface area contributed by atoms with Crippen molar-refractivity contribution in [3.05, 3.63) is 211 Å². The van der Waals surface area contributed by atoms with E-state index in [0.29, 0.717) is 0 Å². The number of rotatable bonds is 7. The summed E-state index contributed by atoms with van der Waals surface area (Å²) >= 11 is 0. The Bertz CT molecular complexity index is 2790. The molecule has 1 aliphatic rings. The Labute approximate surface area is 316 Å². The van der Waals surface area contributed by atoms with Crippen LogP contribution in [0.4, 0.5) is 17.1 Å². The summed E-state index contributed by atoms with van der Waals surface area (Å²) in [6.45, 7) is 0. The number of anilines is 3. The fourth-order valence-corrected chi connectivity index (χ4v) is 8.41. The van der Waals surface area contributed by atoms with Gasteiger partial charge in [0.05, 0.1) is 11.2 Å².